The molecule has 0 atom stereocenters. The summed E-state index contributed by atoms with van der Waals surface area (Å²) >= 11 is 0. The van der Waals surface area contributed by atoms with E-state index in [0.29, 0.717) is 0 Å². The molecule has 0 bridgehead atoms. The van der Waals surface area contributed by atoms with Crippen molar-refractivity contribution in [1.82, 2.24) is 0 Å². The van der Waals surface area contributed by atoms with E-state index in [0.717, 1.165) is 0 Å². The van der Waals surface area contributed by atoms with E-state index in [2.05, 4.69) is 65.8 Å². The molecule has 2 aromatic rings. The molecule has 0 N–H and O–H groups in total. The zero-order chi connectivity index (χ0) is 15.9. The van der Waals surface area contributed by atoms with E-state index in [-0.39, 0.29) is 42.0 Å². The Hall–Kier alpha value is -0.330. The minimum Gasteiger partial charge on any atom is -0.527 e. The molecule has 2 rings (SSSR count). The van der Waals surface area contributed by atoms with Crippen molar-refractivity contribution in [2.45, 2.75) is 54.6 Å². The van der Waals surface area contributed by atoms with Crippen LogP contribution in [0.5, 0.6) is 0 Å². The van der Waals surface area contributed by atoms with Crippen LogP contribution in [0.2, 0.25) is 13.1 Å². The van der Waals surface area contributed by atoms with Crippen molar-refractivity contribution < 1.29 is 26.2 Å². The van der Waals surface area contributed by atoms with E-state index in [1.165, 1.54) is 33.4 Å². The predicted molar refractivity (Wildman–Crippen MR) is 102 cm³/mol. The van der Waals surface area contributed by atoms with Crippen LogP contribution in [0.1, 0.15) is 33.4 Å². The first kappa shape index (κ1) is 26.6. The fourth-order valence-electron chi connectivity index (χ4n) is 1.90. The van der Waals surface area contributed by atoms with Gasteiger partial charge in [0.1, 0.15) is 0 Å². The Balaban J connectivity index is -0.000000249. The second kappa shape index (κ2) is 13.1. The molecule has 2 aromatic carbocycles. The van der Waals surface area contributed by atoms with Gasteiger partial charge in [-0.2, -0.15) is 45.5 Å². The first-order valence-corrected chi connectivity index (χ1v) is 9.68. The Morgan fingerprint density at radius 2 is 1.00 bits per heavy atom. The largest absolute Gasteiger partial charge is 4.00 e. The summed E-state index contributed by atoms with van der Waals surface area (Å²) in [5.74, 6) is 0. The fraction of sp³-hybridized carbons (Fsp3) is 0.400. The molecule has 0 amide bonds. The van der Waals surface area contributed by atoms with Crippen molar-refractivity contribution in [1.29, 1.82) is 0 Å². The van der Waals surface area contributed by atoms with Gasteiger partial charge < -0.3 is 13.6 Å². The SMILES string of the molecule is Cc1cc(C)c(C)[cH-]1.Cc1cc(C)c(C)[cH-]1.[CH-]=[Si](C)C.[CH3-].[Zr+4]. The van der Waals surface area contributed by atoms with Crippen molar-refractivity contribution in [3.63, 3.8) is 0 Å². The molecular weight excluding hydrogens is 360 g/mol. The number of hydrogen-bond acceptors (Lipinski definition) is 0. The van der Waals surface area contributed by atoms with Gasteiger partial charge in [-0.1, -0.05) is 54.6 Å². The van der Waals surface area contributed by atoms with Crippen molar-refractivity contribution >= 4 is 14.6 Å². The first-order chi connectivity index (χ1) is 9.13. The van der Waals surface area contributed by atoms with Crippen LogP contribution in [0.4, 0.5) is 0 Å². The van der Waals surface area contributed by atoms with E-state index in [4.69, 9.17) is 6.17 Å². The molecule has 0 aliphatic carbocycles. The van der Waals surface area contributed by atoms with E-state index >= 15 is 0 Å². The van der Waals surface area contributed by atoms with Crippen LogP contribution in [0.25, 0.3) is 0 Å². The molecule has 0 saturated heterocycles. The van der Waals surface area contributed by atoms with Gasteiger partial charge >= 0.3 is 26.2 Å². The van der Waals surface area contributed by atoms with Gasteiger partial charge in [0.15, 0.2) is 0 Å². The van der Waals surface area contributed by atoms with Crippen LogP contribution < -0.4 is 0 Å². The van der Waals surface area contributed by atoms with E-state index < -0.39 is 0 Å². The first-order valence-electron chi connectivity index (χ1n) is 7.10. The van der Waals surface area contributed by atoms with Crippen molar-refractivity contribution in [2.24, 2.45) is 0 Å². The smallest absolute Gasteiger partial charge is 0.527 e. The molecule has 0 unspecified atom stereocenters. The Kier molecular flexibility index (Phi) is 15.9. The third-order valence-corrected chi connectivity index (χ3v) is 3.02. The van der Waals surface area contributed by atoms with Crippen molar-refractivity contribution in [3.8, 4) is 0 Å². The fourth-order valence-corrected chi connectivity index (χ4v) is 1.90. The van der Waals surface area contributed by atoms with Crippen LogP contribution in [0, 0.1) is 49.0 Å². The summed E-state index contributed by atoms with van der Waals surface area (Å²) in [6, 6.07) is 8.81. The standard InChI is InChI=1S/2C8H11.C3H7Si.CH3.Zr/c2*1-6-4-7(2)8(3)5-6;1-4(2)3;;/h2*4-5H,1-3H3;1H,2-3H3;1H3;/q4*-1;+4. The van der Waals surface area contributed by atoms with Gasteiger partial charge in [-0.05, 0) is 0 Å². The maximum atomic E-state index is 5.21. The minimum atomic E-state index is -0.380. The molecule has 0 nitrogen and oxygen atoms in total. The van der Waals surface area contributed by atoms with Gasteiger partial charge in [-0.3, -0.25) is 0 Å². The molecule has 2 heteroatoms. The molecule has 0 saturated carbocycles. The molecule has 0 radical (unpaired) electrons. The molecular formula is C20H32SiZr. The van der Waals surface area contributed by atoms with Crippen molar-refractivity contribution in [3.05, 3.63) is 65.1 Å². The van der Waals surface area contributed by atoms with Gasteiger partial charge in [0.2, 0.25) is 0 Å². The maximum absolute atomic E-state index is 5.21. The van der Waals surface area contributed by atoms with Gasteiger partial charge in [-0.25, -0.2) is 20.5 Å². The predicted octanol–water partition coefficient (Wildman–Crippen LogP) is 5.74. The summed E-state index contributed by atoms with van der Waals surface area (Å²) in [5.41, 5.74) is 8.37. The van der Waals surface area contributed by atoms with E-state index in [1.807, 2.05) is 13.1 Å². The topological polar surface area (TPSA) is 0 Å². The Morgan fingerprint density at radius 1 is 0.773 bits per heavy atom. The van der Waals surface area contributed by atoms with E-state index in [9.17, 15) is 0 Å². The Morgan fingerprint density at radius 3 is 1.05 bits per heavy atom. The number of aryl methyl sites for hydroxylation is 6. The monoisotopic (exact) mass is 390 g/mol. The van der Waals surface area contributed by atoms with Crippen molar-refractivity contribution in [2.75, 3.05) is 0 Å². The zero-order valence-corrected chi connectivity index (χ0v) is 19.3. The summed E-state index contributed by atoms with van der Waals surface area (Å²) in [6.07, 6.45) is 5.21. The molecule has 0 spiro atoms. The molecule has 0 heterocycles. The Bertz CT molecular complexity index is 457. The van der Waals surface area contributed by atoms with Crippen LogP contribution in [0.15, 0.2) is 24.3 Å². The third-order valence-electron chi connectivity index (χ3n) is 3.02. The number of rotatable bonds is 0. The summed E-state index contributed by atoms with van der Waals surface area (Å²) in [7, 11) is -0.380. The summed E-state index contributed by atoms with van der Waals surface area (Å²) in [6.45, 7) is 16.9. The summed E-state index contributed by atoms with van der Waals surface area (Å²) in [4.78, 5) is 0. The van der Waals surface area contributed by atoms with Gasteiger partial charge in [0.05, 0.1) is 0 Å². The molecule has 0 aliphatic rings. The second-order valence-electron chi connectivity index (χ2n) is 5.87. The van der Waals surface area contributed by atoms with Gasteiger partial charge in [0.25, 0.3) is 0 Å². The zero-order valence-electron chi connectivity index (χ0n) is 15.9. The molecule has 0 aromatic heterocycles. The average molecular weight is 392 g/mol. The summed E-state index contributed by atoms with van der Waals surface area (Å²) in [5, 5.41) is 0. The Labute approximate surface area is 160 Å². The second-order valence-corrected chi connectivity index (χ2v) is 8.03. The van der Waals surface area contributed by atoms with Crippen LogP contribution in [0.3, 0.4) is 0 Å². The summed E-state index contributed by atoms with van der Waals surface area (Å²) < 4.78 is 0. The minimum absolute atomic E-state index is 0. The molecule has 120 valence electrons. The van der Waals surface area contributed by atoms with Gasteiger partial charge in [0, 0.05) is 0 Å². The molecule has 22 heavy (non-hydrogen) atoms. The normalized spacial score (nSPS) is 8.36. The average Bonchev–Trinajstić information content (AvgIpc) is 2.70. The third kappa shape index (κ3) is 12.2. The maximum Gasteiger partial charge on any atom is 4.00 e. The van der Waals surface area contributed by atoms with Crippen LogP contribution in [-0.4, -0.2) is 14.6 Å². The quantitative estimate of drug-likeness (QED) is 0.397. The number of hydrogen-bond donors (Lipinski definition) is 0. The van der Waals surface area contributed by atoms with Crippen LogP contribution >= 0.6 is 0 Å². The van der Waals surface area contributed by atoms with Crippen LogP contribution in [-0.2, 0) is 26.2 Å². The van der Waals surface area contributed by atoms with Gasteiger partial charge in [-0.15, -0.1) is 0 Å². The van der Waals surface area contributed by atoms with E-state index in [1.54, 1.807) is 0 Å². The molecule has 0 fully saturated rings. The molecule has 0 aliphatic heterocycles.